The number of likely N-dealkylation sites (N-methyl/N-ethyl adjacent to an activating group) is 1. The van der Waals surface area contributed by atoms with Crippen molar-refractivity contribution in [1.82, 2.24) is 4.90 Å². The number of thioether (sulfide) groups is 1. The Hall–Kier alpha value is -2.19. The Morgan fingerprint density at radius 3 is 2.22 bits per heavy atom. The number of hydrogen-bond acceptors (Lipinski definition) is 5. The number of amides is 2. The number of carboxylic acids is 1. The van der Waals surface area contributed by atoms with Gasteiger partial charge in [-0.1, -0.05) is 80.7 Å². The Morgan fingerprint density at radius 1 is 0.938 bits per heavy atom. The van der Waals surface area contributed by atoms with Gasteiger partial charge in [0.05, 0.1) is 16.2 Å². The highest BCUT2D eigenvalue weighted by atomic mass is 32.2. The largest absolute Gasteiger partial charge is 0.481 e. The van der Waals surface area contributed by atoms with Gasteiger partial charge in [-0.15, -0.1) is 0 Å². The van der Waals surface area contributed by atoms with Crippen molar-refractivity contribution in [3.63, 3.8) is 0 Å². The van der Waals surface area contributed by atoms with Gasteiger partial charge in [-0.25, -0.2) is 0 Å². The van der Waals surface area contributed by atoms with Crippen LogP contribution in [0, 0.1) is 0 Å². The van der Waals surface area contributed by atoms with Gasteiger partial charge in [0, 0.05) is 25.1 Å². The van der Waals surface area contributed by atoms with Crippen LogP contribution < -0.4 is 4.90 Å². The van der Waals surface area contributed by atoms with Crippen molar-refractivity contribution in [3.8, 4) is 0 Å². The minimum absolute atomic E-state index is 0.127. The fourth-order valence-electron chi connectivity index (χ4n) is 4.16. The molecule has 172 valence electrons. The van der Waals surface area contributed by atoms with Crippen LogP contribution in [-0.4, -0.2) is 45.2 Å². The molecule has 1 aromatic carbocycles. The highest BCUT2D eigenvalue weighted by Gasteiger charge is 2.41. The van der Waals surface area contributed by atoms with E-state index in [1.807, 2.05) is 31.2 Å². The molecule has 2 heterocycles. The van der Waals surface area contributed by atoms with Crippen molar-refractivity contribution in [1.29, 1.82) is 0 Å². The molecule has 32 heavy (non-hydrogen) atoms. The van der Waals surface area contributed by atoms with E-state index in [1.54, 1.807) is 9.80 Å². The lowest BCUT2D eigenvalue weighted by molar-refractivity contribution is -0.137. The lowest BCUT2D eigenvalue weighted by Crippen LogP contribution is -2.30. The number of anilines is 1. The van der Waals surface area contributed by atoms with Crippen molar-refractivity contribution in [3.05, 3.63) is 34.7 Å². The first-order valence-corrected chi connectivity index (χ1v) is 12.6. The molecule has 0 bridgehead atoms. The molecule has 0 spiro atoms. The summed E-state index contributed by atoms with van der Waals surface area (Å²) in [4.78, 5) is 40.4. The van der Waals surface area contributed by atoms with Crippen LogP contribution in [0.1, 0.15) is 70.3 Å². The second-order valence-electron chi connectivity index (χ2n) is 8.07. The van der Waals surface area contributed by atoms with E-state index in [1.165, 1.54) is 11.8 Å². The van der Waals surface area contributed by atoms with E-state index in [0.29, 0.717) is 27.9 Å². The number of para-hydroxylation sites is 1. The van der Waals surface area contributed by atoms with Crippen molar-refractivity contribution < 1.29 is 19.5 Å². The molecule has 1 saturated heterocycles. The average Bonchev–Trinajstić information content (AvgIpc) is 3.21. The number of carbonyl (C=O) groups is 3. The number of carbonyl (C=O) groups excluding carboxylic acids is 2. The Morgan fingerprint density at radius 2 is 1.56 bits per heavy atom. The summed E-state index contributed by atoms with van der Waals surface area (Å²) in [7, 11) is 0. The third kappa shape index (κ3) is 5.59. The normalized spacial score (nSPS) is 18.1. The molecule has 2 aliphatic rings. The molecule has 1 N–H and O–H groups in total. The van der Waals surface area contributed by atoms with Crippen LogP contribution in [0.3, 0.4) is 0 Å². The van der Waals surface area contributed by atoms with Gasteiger partial charge < -0.3 is 10.0 Å². The Labute approximate surface area is 199 Å². The highest BCUT2D eigenvalue weighted by Crippen LogP contribution is 2.44. The van der Waals surface area contributed by atoms with Gasteiger partial charge in [0.15, 0.2) is 0 Å². The molecular formula is C24H30N2O4S2. The molecule has 0 atom stereocenters. The molecule has 0 saturated carbocycles. The number of nitrogens with zero attached hydrogens (tertiary/aromatic N) is 2. The number of thiocarbonyl (C=S) groups is 1. The minimum atomic E-state index is -0.722. The van der Waals surface area contributed by atoms with Crippen LogP contribution in [0.2, 0.25) is 0 Å². The second kappa shape index (κ2) is 11.6. The summed E-state index contributed by atoms with van der Waals surface area (Å²) in [5.41, 5.74) is 2.14. The van der Waals surface area contributed by atoms with Crippen molar-refractivity contribution in [2.45, 2.75) is 64.7 Å². The molecule has 3 rings (SSSR count). The Bertz CT molecular complexity index is 928. The summed E-state index contributed by atoms with van der Waals surface area (Å²) in [5.74, 6) is -1.01. The summed E-state index contributed by atoms with van der Waals surface area (Å²) in [6.07, 6.45) is 8.26. The standard InChI is InChI=1S/C24H30N2O4S2/c1-2-25-18-14-11-10-13-17(18)20(22(25)29)21-23(30)26(24(31)32-21)16-12-8-6-4-3-5-7-9-15-19(27)28/h10-11,13-14H,2-9,12,15-16H2,1H3,(H,27,28). The smallest absolute Gasteiger partial charge is 0.303 e. The number of fused-ring (bicyclic) bond motifs is 1. The third-order valence-electron chi connectivity index (χ3n) is 5.84. The lowest BCUT2D eigenvalue weighted by Gasteiger charge is -2.14. The first-order valence-electron chi connectivity index (χ1n) is 11.4. The molecule has 2 amide bonds. The molecule has 1 fully saturated rings. The summed E-state index contributed by atoms with van der Waals surface area (Å²) in [6, 6.07) is 7.60. The molecule has 0 unspecified atom stereocenters. The zero-order valence-electron chi connectivity index (χ0n) is 18.5. The topological polar surface area (TPSA) is 77.9 Å². The number of aliphatic carboxylic acids is 1. The van der Waals surface area contributed by atoms with Crippen molar-refractivity contribution >= 4 is 57.3 Å². The number of hydrogen-bond donors (Lipinski definition) is 1. The number of rotatable bonds is 12. The summed E-state index contributed by atoms with van der Waals surface area (Å²) in [6.45, 7) is 3.06. The fraction of sp³-hybridized carbons (Fsp3) is 0.500. The van der Waals surface area contributed by atoms with E-state index in [9.17, 15) is 14.4 Å². The average molecular weight is 475 g/mol. The molecule has 0 aromatic heterocycles. The third-order valence-corrected chi connectivity index (χ3v) is 7.29. The monoisotopic (exact) mass is 474 g/mol. The van der Waals surface area contributed by atoms with Gasteiger partial charge in [0.2, 0.25) is 0 Å². The van der Waals surface area contributed by atoms with Crippen molar-refractivity contribution in [2.75, 3.05) is 18.0 Å². The molecule has 1 aromatic rings. The summed E-state index contributed by atoms with van der Waals surface area (Å²) < 4.78 is 0.524. The number of carboxylic acid groups (broad SMARTS) is 1. The number of benzene rings is 1. The van der Waals surface area contributed by atoms with Gasteiger partial charge in [-0.3, -0.25) is 19.3 Å². The zero-order valence-corrected chi connectivity index (χ0v) is 20.1. The van der Waals surface area contributed by atoms with Crippen LogP contribution in [0.5, 0.6) is 0 Å². The maximum absolute atomic E-state index is 13.1. The first kappa shape index (κ1) is 24.5. The fourth-order valence-corrected chi connectivity index (χ4v) is 5.54. The van der Waals surface area contributed by atoms with E-state index < -0.39 is 5.97 Å². The molecular weight excluding hydrogens is 444 g/mol. The predicted octanol–water partition coefficient (Wildman–Crippen LogP) is 5.22. The van der Waals surface area contributed by atoms with Gasteiger partial charge in [-0.2, -0.15) is 0 Å². The van der Waals surface area contributed by atoms with Crippen molar-refractivity contribution in [2.24, 2.45) is 0 Å². The van der Waals surface area contributed by atoms with Crippen LogP contribution in [0.4, 0.5) is 5.69 Å². The summed E-state index contributed by atoms with van der Waals surface area (Å²) >= 11 is 6.71. The molecule has 0 radical (unpaired) electrons. The van der Waals surface area contributed by atoms with E-state index in [0.717, 1.165) is 62.6 Å². The second-order valence-corrected chi connectivity index (χ2v) is 9.71. The van der Waals surface area contributed by atoms with Gasteiger partial charge in [-0.05, 0) is 25.8 Å². The van der Waals surface area contributed by atoms with Crippen LogP contribution >= 0.6 is 24.0 Å². The Balaban J connectivity index is 1.50. The highest BCUT2D eigenvalue weighted by molar-refractivity contribution is 8.26. The van der Waals surface area contributed by atoms with Gasteiger partial charge in [0.25, 0.3) is 11.8 Å². The number of unbranched alkanes of at least 4 members (excludes halogenated alkanes) is 7. The van der Waals surface area contributed by atoms with E-state index in [2.05, 4.69) is 0 Å². The van der Waals surface area contributed by atoms with Gasteiger partial charge in [0.1, 0.15) is 4.32 Å². The van der Waals surface area contributed by atoms with Crippen LogP contribution in [0.15, 0.2) is 29.2 Å². The SMILES string of the molecule is CCN1C(=O)C(=C2SC(=S)N(CCCCCCCCCCC(=O)O)C2=O)c2ccccc21. The molecule has 0 aliphatic carbocycles. The predicted molar refractivity (Wildman–Crippen MR) is 132 cm³/mol. The Kier molecular flexibility index (Phi) is 8.87. The molecule has 6 nitrogen and oxygen atoms in total. The molecule has 2 aliphatic heterocycles. The lowest BCUT2D eigenvalue weighted by atomic mass is 10.1. The van der Waals surface area contributed by atoms with E-state index in [4.69, 9.17) is 17.3 Å². The van der Waals surface area contributed by atoms with Gasteiger partial charge >= 0.3 is 5.97 Å². The molecule has 8 heteroatoms. The van der Waals surface area contributed by atoms with Crippen LogP contribution in [-0.2, 0) is 14.4 Å². The quantitative estimate of drug-likeness (QED) is 0.254. The minimum Gasteiger partial charge on any atom is -0.481 e. The maximum Gasteiger partial charge on any atom is 0.303 e. The van der Waals surface area contributed by atoms with Crippen LogP contribution in [0.25, 0.3) is 5.57 Å². The zero-order chi connectivity index (χ0) is 23.1. The van der Waals surface area contributed by atoms with E-state index in [-0.39, 0.29) is 18.2 Å². The maximum atomic E-state index is 13.1. The van der Waals surface area contributed by atoms with E-state index >= 15 is 0 Å². The first-order chi connectivity index (χ1) is 15.5. The summed E-state index contributed by atoms with van der Waals surface area (Å²) in [5, 5.41) is 8.64.